The standard InChI is InChI=1S/C11H13ClF3N3/c1-7-6-16-4-5-18(7)9-3-2-8(10(12)17-9)11(13,14)15/h2-3,7,16H,4-6H2,1H3. The van der Waals surface area contributed by atoms with E-state index < -0.39 is 16.9 Å². The highest BCUT2D eigenvalue weighted by Crippen LogP contribution is 2.34. The number of aromatic nitrogens is 1. The van der Waals surface area contributed by atoms with E-state index in [1.54, 1.807) is 0 Å². The maximum absolute atomic E-state index is 12.6. The number of nitrogens with one attached hydrogen (secondary N) is 1. The topological polar surface area (TPSA) is 28.2 Å². The second kappa shape index (κ2) is 4.93. The number of halogens is 4. The van der Waals surface area contributed by atoms with E-state index >= 15 is 0 Å². The number of anilines is 1. The van der Waals surface area contributed by atoms with Crippen LogP contribution in [0, 0.1) is 0 Å². The Kier molecular flexibility index (Phi) is 3.68. The molecule has 0 saturated carbocycles. The molecule has 0 bridgehead atoms. The van der Waals surface area contributed by atoms with E-state index in [9.17, 15) is 13.2 Å². The first kappa shape index (κ1) is 13.4. The lowest BCUT2D eigenvalue weighted by molar-refractivity contribution is -0.137. The van der Waals surface area contributed by atoms with Crippen molar-refractivity contribution in [1.29, 1.82) is 0 Å². The molecule has 2 rings (SSSR count). The average Bonchev–Trinajstić information content (AvgIpc) is 2.27. The van der Waals surface area contributed by atoms with Crippen molar-refractivity contribution in [3.8, 4) is 0 Å². The molecule has 3 nitrogen and oxygen atoms in total. The lowest BCUT2D eigenvalue weighted by Crippen LogP contribution is -2.50. The summed E-state index contributed by atoms with van der Waals surface area (Å²) in [7, 11) is 0. The van der Waals surface area contributed by atoms with E-state index in [-0.39, 0.29) is 6.04 Å². The zero-order valence-electron chi connectivity index (χ0n) is 9.76. The molecule has 2 heterocycles. The van der Waals surface area contributed by atoms with Gasteiger partial charge in [-0.1, -0.05) is 11.6 Å². The Balaban J connectivity index is 2.28. The molecule has 1 N–H and O–H groups in total. The Morgan fingerprint density at radius 1 is 1.44 bits per heavy atom. The van der Waals surface area contributed by atoms with E-state index in [1.165, 1.54) is 6.07 Å². The Bertz CT molecular complexity index is 436. The van der Waals surface area contributed by atoms with Crippen LogP contribution in [-0.4, -0.2) is 30.7 Å². The third kappa shape index (κ3) is 2.70. The Morgan fingerprint density at radius 2 is 2.17 bits per heavy atom. The molecule has 1 aliphatic rings. The molecule has 1 aromatic heterocycles. The molecule has 100 valence electrons. The van der Waals surface area contributed by atoms with Crippen LogP contribution in [-0.2, 0) is 6.18 Å². The fourth-order valence-electron chi connectivity index (χ4n) is 1.98. The summed E-state index contributed by atoms with van der Waals surface area (Å²) in [6, 6.07) is 2.54. The predicted octanol–water partition coefficient (Wildman–Crippen LogP) is 2.55. The second-order valence-corrected chi connectivity index (χ2v) is 4.61. The van der Waals surface area contributed by atoms with Crippen LogP contribution in [0.4, 0.5) is 19.0 Å². The van der Waals surface area contributed by atoms with Crippen LogP contribution in [0.5, 0.6) is 0 Å². The number of piperazine rings is 1. The first-order valence-corrected chi connectivity index (χ1v) is 5.98. The number of rotatable bonds is 1. The predicted molar refractivity (Wildman–Crippen MR) is 63.9 cm³/mol. The summed E-state index contributed by atoms with van der Waals surface area (Å²) in [5.74, 6) is 0.488. The van der Waals surface area contributed by atoms with Crippen molar-refractivity contribution in [2.45, 2.75) is 19.1 Å². The summed E-state index contributed by atoms with van der Waals surface area (Å²) in [5, 5.41) is 2.71. The van der Waals surface area contributed by atoms with Gasteiger partial charge in [0.25, 0.3) is 0 Å². The molecule has 1 fully saturated rings. The van der Waals surface area contributed by atoms with Crippen molar-refractivity contribution in [3.63, 3.8) is 0 Å². The van der Waals surface area contributed by atoms with Crippen LogP contribution in [0.15, 0.2) is 12.1 Å². The van der Waals surface area contributed by atoms with Gasteiger partial charge in [-0.2, -0.15) is 13.2 Å². The maximum Gasteiger partial charge on any atom is 0.419 e. The molecule has 18 heavy (non-hydrogen) atoms. The summed E-state index contributed by atoms with van der Waals surface area (Å²) in [6.07, 6.45) is -4.46. The van der Waals surface area contributed by atoms with Gasteiger partial charge in [-0.05, 0) is 19.1 Å². The van der Waals surface area contributed by atoms with Gasteiger partial charge < -0.3 is 10.2 Å². The van der Waals surface area contributed by atoms with Crippen LogP contribution < -0.4 is 10.2 Å². The van der Waals surface area contributed by atoms with Crippen molar-refractivity contribution in [2.75, 3.05) is 24.5 Å². The SMILES string of the molecule is CC1CNCCN1c1ccc(C(F)(F)F)c(Cl)n1. The highest BCUT2D eigenvalue weighted by molar-refractivity contribution is 6.30. The fraction of sp³-hybridized carbons (Fsp3) is 0.545. The van der Waals surface area contributed by atoms with Crippen LogP contribution in [0.3, 0.4) is 0 Å². The summed E-state index contributed by atoms with van der Waals surface area (Å²) in [6.45, 7) is 4.25. The van der Waals surface area contributed by atoms with Crippen LogP contribution in [0.1, 0.15) is 12.5 Å². The van der Waals surface area contributed by atoms with Gasteiger partial charge in [0.1, 0.15) is 11.0 Å². The van der Waals surface area contributed by atoms with Crippen molar-refractivity contribution in [2.24, 2.45) is 0 Å². The number of alkyl halides is 3. The number of hydrogen-bond donors (Lipinski definition) is 1. The summed E-state index contributed by atoms with van der Waals surface area (Å²) in [4.78, 5) is 5.80. The van der Waals surface area contributed by atoms with E-state index in [2.05, 4.69) is 10.3 Å². The minimum Gasteiger partial charge on any atom is -0.351 e. The van der Waals surface area contributed by atoms with Crippen LogP contribution >= 0.6 is 11.6 Å². The molecule has 1 aliphatic heterocycles. The van der Waals surface area contributed by atoms with Crippen molar-refractivity contribution in [3.05, 3.63) is 22.8 Å². The van der Waals surface area contributed by atoms with Gasteiger partial charge in [-0.25, -0.2) is 4.98 Å². The minimum absolute atomic E-state index is 0.180. The molecule has 0 aliphatic carbocycles. The largest absolute Gasteiger partial charge is 0.419 e. The smallest absolute Gasteiger partial charge is 0.351 e. The monoisotopic (exact) mass is 279 g/mol. The minimum atomic E-state index is -4.46. The normalized spacial score (nSPS) is 21.2. The highest BCUT2D eigenvalue weighted by atomic mass is 35.5. The zero-order valence-corrected chi connectivity index (χ0v) is 10.5. The number of hydrogen-bond acceptors (Lipinski definition) is 3. The molecular weight excluding hydrogens is 267 g/mol. The lowest BCUT2D eigenvalue weighted by atomic mass is 10.2. The van der Waals surface area contributed by atoms with Gasteiger partial charge >= 0.3 is 6.18 Å². The maximum atomic E-state index is 12.6. The van der Waals surface area contributed by atoms with Gasteiger partial charge in [0.2, 0.25) is 0 Å². The van der Waals surface area contributed by atoms with Crippen molar-refractivity contribution in [1.82, 2.24) is 10.3 Å². The summed E-state index contributed by atoms with van der Waals surface area (Å²) < 4.78 is 37.7. The van der Waals surface area contributed by atoms with Crippen molar-refractivity contribution < 1.29 is 13.2 Å². The molecule has 1 aromatic rings. The molecule has 1 unspecified atom stereocenters. The van der Waals surface area contributed by atoms with E-state index in [4.69, 9.17) is 11.6 Å². The molecule has 1 atom stereocenters. The van der Waals surface area contributed by atoms with E-state index in [0.29, 0.717) is 12.4 Å². The summed E-state index contributed by atoms with van der Waals surface area (Å²) >= 11 is 5.61. The molecule has 1 saturated heterocycles. The Morgan fingerprint density at radius 3 is 2.72 bits per heavy atom. The van der Waals surface area contributed by atoms with E-state index in [0.717, 1.165) is 19.2 Å². The molecule has 0 aromatic carbocycles. The molecule has 0 amide bonds. The van der Waals surface area contributed by atoms with Gasteiger partial charge in [0, 0.05) is 25.7 Å². The summed E-state index contributed by atoms with van der Waals surface area (Å²) in [5.41, 5.74) is -0.893. The quantitative estimate of drug-likeness (QED) is 0.801. The first-order valence-electron chi connectivity index (χ1n) is 5.60. The van der Waals surface area contributed by atoms with Gasteiger partial charge in [0.05, 0.1) is 5.56 Å². The third-order valence-corrected chi connectivity index (χ3v) is 3.22. The van der Waals surface area contributed by atoms with Crippen molar-refractivity contribution >= 4 is 17.4 Å². The average molecular weight is 280 g/mol. The van der Waals surface area contributed by atoms with E-state index in [1.807, 2.05) is 11.8 Å². The number of nitrogens with zero attached hydrogens (tertiary/aromatic N) is 2. The Hall–Kier alpha value is -1.01. The van der Waals surface area contributed by atoms with Crippen LogP contribution in [0.2, 0.25) is 5.15 Å². The third-order valence-electron chi connectivity index (χ3n) is 2.93. The number of pyridine rings is 1. The molecular formula is C11H13ClF3N3. The fourth-order valence-corrected chi connectivity index (χ4v) is 2.23. The van der Waals surface area contributed by atoms with Crippen LogP contribution in [0.25, 0.3) is 0 Å². The second-order valence-electron chi connectivity index (χ2n) is 4.25. The Labute approximate surface area is 108 Å². The molecule has 0 spiro atoms. The lowest BCUT2D eigenvalue weighted by Gasteiger charge is -2.35. The molecule has 0 radical (unpaired) electrons. The first-order chi connectivity index (χ1) is 8.39. The van der Waals surface area contributed by atoms with Gasteiger partial charge in [-0.3, -0.25) is 0 Å². The highest BCUT2D eigenvalue weighted by Gasteiger charge is 2.34. The molecule has 7 heteroatoms. The zero-order chi connectivity index (χ0) is 13.3. The van der Waals surface area contributed by atoms with Gasteiger partial charge in [-0.15, -0.1) is 0 Å². The van der Waals surface area contributed by atoms with Gasteiger partial charge in [0.15, 0.2) is 0 Å².